The minimum absolute atomic E-state index is 0.000633. The van der Waals surface area contributed by atoms with Gasteiger partial charge < -0.3 is 4.90 Å². The molecule has 0 unspecified atom stereocenters. The van der Waals surface area contributed by atoms with Crippen molar-refractivity contribution in [3.63, 3.8) is 0 Å². The number of likely N-dealkylation sites (tertiary alicyclic amines) is 1. The van der Waals surface area contributed by atoms with Crippen molar-refractivity contribution in [2.75, 3.05) is 20.1 Å². The molecular weight excluding hydrogens is 314 g/mol. The molecule has 1 aromatic carbocycles. The van der Waals surface area contributed by atoms with Gasteiger partial charge in [-0.1, -0.05) is 12.1 Å². The highest BCUT2D eigenvalue weighted by Crippen LogP contribution is 2.38. The van der Waals surface area contributed by atoms with Gasteiger partial charge in [-0.2, -0.15) is 0 Å². The van der Waals surface area contributed by atoms with Gasteiger partial charge in [-0.3, -0.25) is 14.9 Å². The Bertz CT molecular complexity index is 684. The van der Waals surface area contributed by atoms with Gasteiger partial charge in [0.1, 0.15) is 0 Å². The number of carbonyl (C=O) groups is 2. The van der Waals surface area contributed by atoms with Gasteiger partial charge in [0.15, 0.2) is 11.6 Å². The normalized spacial score (nSPS) is 26.5. The maximum Gasteiger partial charge on any atom is 0.237 e. The largest absolute Gasteiger partial charge is 0.306 e. The van der Waals surface area contributed by atoms with Gasteiger partial charge in [0.25, 0.3) is 0 Å². The van der Waals surface area contributed by atoms with E-state index in [0.717, 1.165) is 25.9 Å². The van der Waals surface area contributed by atoms with Crippen LogP contribution in [-0.4, -0.2) is 36.9 Å². The molecule has 2 saturated heterocycles. The van der Waals surface area contributed by atoms with Crippen molar-refractivity contribution in [2.24, 2.45) is 0 Å². The van der Waals surface area contributed by atoms with Gasteiger partial charge >= 0.3 is 0 Å². The molecule has 4 nitrogen and oxygen atoms in total. The summed E-state index contributed by atoms with van der Waals surface area (Å²) >= 11 is 0. The van der Waals surface area contributed by atoms with Crippen molar-refractivity contribution in [3.05, 3.63) is 34.9 Å². The third kappa shape index (κ3) is 2.83. The number of imide groups is 1. The number of carbonyl (C=O) groups excluding carboxylic acids is 2. The fourth-order valence-electron chi connectivity index (χ4n) is 3.69. The summed E-state index contributed by atoms with van der Waals surface area (Å²) in [5, 5.41) is 2.23. The molecule has 130 valence electrons. The quantitative estimate of drug-likeness (QED) is 0.844. The summed E-state index contributed by atoms with van der Waals surface area (Å²) in [5.74, 6) is -2.75. The predicted molar refractivity (Wildman–Crippen MR) is 85.6 cm³/mol. The fourth-order valence-corrected chi connectivity index (χ4v) is 3.69. The van der Waals surface area contributed by atoms with Crippen LogP contribution >= 0.6 is 0 Å². The summed E-state index contributed by atoms with van der Waals surface area (Å²) < 4.78 is 29.4. The Kier molecular flexibility index (Phi) is 4.42. The standard InChI is InChI=1S/C18H22F2N2O2/c1-18(8-5-14(23)21-17(18)24)13-4-3-12(15(19)16(13)20)11-6-9-22(2)10-7-11/h3-4,11H,5-10H2,1-2H3,(H,21,23,24)/t18-/m0/s1. The first kappa shape index (κ1) is 17.0. The summed E-state index contributed by atoms with van der Waals surface area (Å²) in [4.78, 5) is 25.7. The Morgan fingerprint density at radius 3 is 2.46 bits per heavy atom. The molecular formula is C18H22F2N2O2. The van der Waals surface area contributed by atoms with E-state index in [1.807, 2.05) is 7.05 Å². The molecule has 1 atom stereocenters. The Labute approximate surface area is 140 Å². The molecule has 24 heavy (non-hydrogen) atoms. The van der Waals surface area contributed by atoms with Gasteiger partial charge in [0.05, 0.1) is 5.41 Å². The number of nitrogens with zero attached hydrogens (tertiary/aromatic N) is 1. The van der Waals surface area contributed by atoms with E-state index in [1.165, 1.54) is 6.07 Å². The van der Waals surface area contributed by atoms with Crippen molar-refractivity contribution in [1.82, 2.24) is 10.2 Å². The van der Waals surface area contributed by atoms with Crippen LogP contribution in [0.1, 0.15) is 49.7 Å². The zero-order valence-corrected chi connectivity index (χ0v) is 14.0. The highest BCUT2D eigenvalue weighted by molar-refractivity contribution is 6.03. The first-order valence-corrected chi connectivity index (χ1v) is 8.34. The summed E-state index contributed by atoms with van der Waals surface area (Å²) in [6.45, 7) is 3.27. The molecule has 0 saturated carbocycles. The number of hydrogen-bond acceptors (Lipinski definition) is 3. The third-order valence-electron chi connectivity index (χ3n) is 5.47. The van der Waals surface area contributed by atoms with Crippen molar-refractivity contribution in [1.29, 1.82) is 0 Å². The molecule has 1 aromatic rings. The first-order chi connectivity index (χ1) is 11.3. The SMILES string of the molecule is CN1CCC(c2ccc([C@]3(C)CCC(=O)NC3=O)c(F)c2F)CC1. The minimum atomic E-state index is -1.22. The maximum absolute atomic E-state index is 14.7. The van der Waals surface area contributed by atoms with Crippen LogP contribution in [-0.2, 0) is 15.0 Å². The number of halogens is 2. The van der Waals surface area contributed by atoms with Crippen LogP contribution in [0.4, 0.5) is 8.78 Å². The molecule has 3 rings (SSSR count). The Morgan fingerprint density at radius 2 is 1.83 bits per heavy atom. The lowest BCUT2D eigenvalue weighted by molar-refractivity contribution is -0.137. The smallest absolute Gasteiger partial charge is 0.237 e. The second-order valence-corrected chi connectivity index (χ2v) is 7.12. The summed E-state index contributed by atoms with van der Waals surface area (Å²) in [6.07, 6.45) is 1.89. The number of amides is 2. The highest BCUT2D eigenvalue weighted by atomic mass is 19.2. The van der Waals surface area contributed by atoms with E-state index in [1.54, 1.807) is 13.0 Å². The van der Waals surface area contributed by atoms with Crippen molar-refractivity contribution in [2.45, 2.75) is 43.9 Å². The number of rotatable bonds is 2. The summed E-state index contributed by atoms with van der Waals surface area (Å²) in [5.41, 5.74) is -0.800. The van der Waals surface area contributed by atoms with E-state index in [-0.39, 0.29) is 30.2 Å². The fraction of sp³-hybridized carbons (Fsp3) is 0.556. The first-order valence-electron chi connectivity index (χ1n) is 8.34. The lowest BCUT2D eigenvalue weighted by Gasteiger charge is -2.33. The lowest BCUT2D eigenvalue weighted by Crippen LogP contribution is -2.50. The molecule has 0 radical (unpaired) electrons. The second-order valence-electron chi connectivity index (χ2n) is 7.12. The molecule has 2 aliphatic heterocycles. The Hall–Kier alpha value is -1.82. The highest BCUT2D eigenvalue weighted by Gasteiger charge is 2.42. The van der Waals surface area contributed by atoms with Crippen LogP contribution in [0.2, 0.25) is 0 Å². The van der Waals surface area contributed by atoms with E-state index in [9.17, 15) is 18.4 Å². The predicted octanol–water partition coefficient (Wildman–Crippen LogP) is 2.47. The van der Waals surface area contributed by atoms with E-state index in [0.29, 0.717) is 5.56 Å². The van der Waals surface area contributed by atoms with Gasteiger partial charge in [-0.15, -0.1) is 0 Å². The van der Waals surface area contributed by atoms with Crippen molar-refractivity contribution >= 4 is 11.8 Å². The number of nitrogens with one attached hydrogen (secondary N) is 1. The molecule has 2 fully saturated rings. The third-order valence-corrected chi connectivity index (χ3v) is 5.47. The summed E-state index contributed by atoms with van der Waals surface area (Å²) in [6, 6.07) is 3.13. The molecule has 2 heterocycles. The molecule has 1 N–H and O–H groups in total. The van der Waals surface area contributed by atoms with Crippen LogP contribution in [0.5, 0.6) is 0 Å². The number of benzene rings is 1. The second kappa shape index (κ2) is 6.24. The van der Waals surface area contributed by atoms with E-state index < -0.39 is 23.0 Å². The van der Waals surface area contributed by atoms with E-state index in [4.69, 9.17) is 0 Å². The lowest BCUT2D eigenvalue weighted by atomic mass is 9.74. The van der Waals surface area contributed by atoms with Gasteiger partial charge in [-0.05, 0) is 57.8 Å². The zero-order chi connectivity index (χ0) is 17.5. The number of piperidine rings is 2. The van der Waals surface area contributed by atoms with Gasteiger partial charge in [0.2, 0.25) is 11.8 Å². The van der Waals surface area contributed by atoms with Crippen LogP contribution in [0.15, 0.2) is 12.1 Å². The average Bonchev–Trinajstić information content (AvgIpc) is 2.55. The van der Waals surface area contributed by atoms with E-state index >= 15 is 0 Å². The molecule has 0 aromatic heterocycles. The van der Waals surface area contributed by atoms with Crippen molar-refractivity contribution < 1.29 is 18.4 Å². The minimum Gasteiger partial charge on any atom is -0.306 e. The van der Waals surface area contributed by atoms with Gasteiger partial charge in [0, 0.05) is 12.0 Å². The van der Waals surface area contributed by atoms with Crippen LogP contribution in [0, 0.1) is 11.6 Å². The average molecular weight is 336 g/mol. The molecule has 2 aliphatic rings. The van der Waals surface area contributed by atoms with E-state index in [2.05, 4.69) is 10.2 Å². The molecule has 6 heteroatoms. The molecule has 0 bridgehead atoms. The topological polar surface area (TPSA) is 49.4 Å². The monoisotopic (exact) mass is 336 g/mol. The molecule has 0 aliphatic carbocycles. The van der Waals surface area contributed by atoms with Crippen molar-refractivity contribution in [3.8, 4) is 0 Å². The molecule has 2 amide bonds. The Balaban J connectivity index is 1.93. The van der Waals surface area contributed by atoms with Crippen LogP contribution in [0.25, 0.3) is 0 Å². The van der Waals surface area contributed by atoms with Gasteiger partial charge in [-0.25, -0.2) is 8.78 Å². The number of hydrogen-bond donors (Lipinski definition) is 1. The van der Waals surface area contributed by atoms with Crippen LogP contribution in [0.3, 0.4) is 0 Å². The summed E-state index contributed by atoms with van der Waals surface area (Å²) in [7, 11) is 2.01. The maximum atomic E-state index is 14.7. The van der Waals surface area contributed by atoms with Crippen LogP contribution < -0.4 is 5.32 Å². The molecule has 0 spiro atoms. The zero-order valence-electron chi connectivity index (χ0n) is 14.0. The Morgan fingerprint density at radius 1 is 1.17 bits per heavy atom.